The lowest BCUT2D eigenvalue weighted by Gasteiger charge is -2.35. The highest BCUT2D eigenvalue weighted by molar-refractivity contribution is 5.94. The number of hydrogen-bond acceptors (Lipinski definition) is 6. The highest BCUT2D eigenvalue weighted by Gasteiger charge is 2.24. The van der Waals surface area contributed by atoms with E-state index in [1.54, 1.807) is 30.0 Å². The number of carbonyl (C=O) groups excluding carboxylic acids is 1. The summed E-state index contributed by atoms with van der Waals surface area (Å²) in [4.78, 5) is 31.4. The molecular weight excluding hydrogens is 401 g/mol. The lowest BCUT2D eigenvalue weighted by Crippen LogP contribution is -2.49. The standard InChI is InChI=1S/C22H18FN5O3/c1-14-2-3-15(10-19(14)23)22(29)27-8-6-26(7-9-27)21-11-16(13-24)18-12-17(28(30)31)4-5-20(18)25-21/h2-5,10-12H,6-9H2,1H3. The van der Waals surface area contributed by atoms with Gasteiger partial charge in [0.05, 0.1) is 22.1 Å². The fraction of sp³-hybridized carbons (Fsp3) is 0.227. The predicted molar refractivity (Wildman–Crippen MR) is 112 cm³/mol. The monoisotopic (exact) mass is 419 g/mol. The summed E-state index contributed by atoms with van der Waals surface area (Å²) < 4.78 is 13.8. The highest BCUT2D eigenvalue weighted by atomic mass is 19.1. The number of benzene rings is 2. The Balaban J connectivity index is 1.53. The van der Waals surface area contributed by atoms with Gasteiger partial charge in [0.15, 0.2) is 0 Å². The van der Waals surface area contributed by atoms with Gasteiger partial charge >= 0.3 is 0 Å². The number of amides is 1. The molecule has 0 atom stereocenters. The number of aryl methyl sites for hydroxylation is 1. The zero-order valence-electron chi connectivity index (χ0n) is 16.7. The number of carbonyl (C=O) groups is 1. The van der Waals surface area contributed by atoms with E-state index in [9.17, 15) is 24.6 Å². The second-order valence-corrected chi connectivity index (χ2v) is 7.34. The summed E-state index contributed by atoms with van der Waals surface area (Å²) in [6.45, 7) is 3.49. The maximum absolute atomic E-state index is 13.8. The molecule has 0 N–H and O–H groups in total. The molecule has 2 aromatic carbocycles. The minimum Gasteiger partial charge on any atom is -0.353 e. The van der Waals surface area contributed by atoms with Crippen LogP contribution in [0.25, 0.3) is 10.9 Å². The summed E-state index contributed by atoms with van der Waals surface area (Å²) in [6.07, 6.45) is 0. The molecule has 0 saturated carbocycles. The van der Waals surface area contributed by atoms with E-state index >= 15 is 0 Å². The largest absolute Gasteiger partial charge is 0.353 e. The van der Waals surface area contributed by atoms with Crippen molar-refractivity contribution >= 4 is 28.3 Å². The molecule has 0 bridgehead atoms. The molecule has 31 heavy (non-hydrogen) atoms. The molecule has 1 amide bonds. The second kappa shape index (κ2) is 7.99. The quantitative estimate of drug-likeness (QED) is 0.476. The van der Waals surface area contributed by atoms with Crippen molar-refractivity contribution in [2.24, 2.45) is 0 Å². The number of hydrogen-bond donors (Lipinski definition) is 0. The molecule has 0 unspecified atom stereocenters. The number of anilines is 1. The summed E-state index contributed by atoms with van der Waals surface area (Å²) in [5.41, 5.74) is 1.50. The van der Waals surface area contributed by atoms with E-state index in [4.69, 9.17) is 0 Å². The molecule has 1 aromatic heterocycles. The zero-order valence-corrected chi connectivity index (χ0v) is 16.7. The Hall–Kier alpha value is -4.06. The molecule has 3 aromatic rings. The molecular formula is C22H18FN5O3. The number of fused-ring (bicyclic) bond motifs is 1. The SMILES string of the molecule is Cc1ccc(C(=O)N2CCN(c3cc(C#N)c4cc([N+](=O)[O-])ccc4n3)CC2)cc1F. The third-order valence-corrected chi connectivity index (χ3v) is 5.42. The first-order valence-electron chi connectivity index (χ1n) is 9.67. The lowest BCUT2D eigenvalue weighted by molar-refractivity contribution is -0.384. The van der Waals surface area contributed by atoms with Crippen LogP contribution in [0.3, 0.4) is 0 Å². The molecule has 0 radical (unpaired) electrons. The van der Waals surface area contributed by atoms with Gasteiger partial charge in [-0.3, -0.25) is 14.9 Å². The average Bonchev–Trinajstić information content (AvgIpc) is 2.79. The Morgan fingerprint density at radius 3 is 2.55 bits per heavy atom. The number of non-ortho nitro benzene ring substituents is 1. The van der Waals surface area contributed by atoms with Crippen molar-refractivity contribution in [3.8, 4) is 6.07 Å². The third-order valence-electron chi connectivity index (χ3n) is 5.42. The number of nitriles is 1. The van der Waals surface area contributed by atoms with Crippen molar-refractivity contribution in [2.45, 2.75) is 6.92 Å². The molecule has 0 aliphatic carbocycles. The maximum Gasteiger partial charge on any atom is 0.270 e. The van der Waals surface area contributed by atoms with E-state index in [1.807, 2.05) is 4.90 Å². The molecule has 1 fully saturated rings. The van der Waals surface area contributed by atoms with Gasteiger partial charge in [-0.25, -0.2) is 9.37 Å². The molecule has 156 valence electrons. The summed E-state index contributed by atoms with van der Waals surface area (Å²) in [6, 6.07) is 12.4. The van der Waals surface area contributed by atoms with E-state index in [2.05, 4.69) is 11.1 Å². The Morgan fingerprint density at radius 2 is 1.90 bits per heavy atom. The Labute approximate surface area is 177 Å². The number of nitro benzene ring substituents is 1. The van der Waals surface area contributed by atoms with Crippen LogP contribution in [0.1, 0.15) is 21.5 Å². The summed E-state index contributed by atoms with van der Waals surface area (Å²) in [5.74, 6) is -0.0597. The van der Waals surface area contributed by atoms with Gasteiger partial charge in [0.25, 0.3) is 11.6 Å². The van der Waals surface area contributed by atoms with E-state index in [0.717, 1.165) is 0 Å². The topological polar surface area (TPSA) is 103 Å². The number of rotatable bonds is 3. The normalized spacial score (nSPS) is 13.8. The van der Waals surface area contributed by atoms with Crippen molar-refractivity contribution in [1.82, 2.24) is 9.88 Å². The molecule has 9 heteroatoms. The van der Waals surface area contributed by atoms with Crippen molar-refractivity contribution in [1.29, 1.82) is 5.26 Å². The van der Waals surface area contributed by atoms with Crippen LogP contribution in [0.2, 0.25) is 0 Å². The van der Waals surface area contributed by atoms with Crippen molar-refractivity contribution in [3.05, 3.63) is 75.1 Å². The van der Waals surface area contributed by atoms with E-state index in [0.29, 0.717) is 59.6 Å². The Kier molecular flexibility index (Phi) is 5.21. The molecule has 0 spiro atoms. The summed E-state index contributed by atoms with van der Waals surface area (Å²) >= 11 is 0. The van der Waals surface area contributed by atoms with Crippen LogP contribution in [-0.2, 0) is 0 Å². The average molecular weight is 419 g/mol. The molecule has 2 heterocycles. The van der Waals surface area contributed by atoms with Gasteiger partial charge in [0, 0.05) is 49.3 Å². The van der Waals surface area contributed by atoms with Gasteiger partial charge in [-0.05, 0) is 36.8 Å². The minimum atomic E-state index is -0.509. The van der Waals surface area contributed by atoms with Gasteiger partial charge in [0.1, 0.15) is 11.6 Å². The smallest absolute Gasteiger partial charge is 0.270 e. The molecule has 1 aliphatic heterocycles. The molecule has 1 aliphatic rings. The number of halogens is 1. The van der Waals surface area contributed by atoms with Crippen LogP contribution < -0.4 is 4.90 Å². The number of pyridine rings is 1. The number of aromatic nitrogens is 1. The van der Waals surface area contributed by atoms with Crippen molar-refractivity contribution in [3.63, 3.8) is 0 Å². The van der Waals surface area contributed by atoms with E-state index < -0.39 is 10.7 Å². The van der Waals surface area contributed by atoms with Crippen LogP contribution in [-0.4, -0.2) is 46.9 Å². The van der Waals surface area contributed by atoms with Crippen LogP contribution in [0.4, 0.5) is 15.9 Å². The first kappa shape index (κ1) is 20.2. The second-order valence-electron chi connectivity index (χ2n) is 7.34. The van der Waals surface area contributed by atoms with E-state index in [1.165, 1.54) is 24.3 Å². The molecule has 1 saturated heterocycles. The zero-order chi connectivity index (χ0) is 22.1. The molecule has 8 nitrogen and oxygen atoms in total. The minimum absolute atomic E-state index is 0.0989. The van der Waals surface area contributed by atoms with Crippen molar-refractivity contribution in [2.75, 3.05) is 31.1 Å². The highest BCUT2D eigenvalue weighted by Crippen LogP contribution is 2.27. The number of nitro groups is 1. The van der Waals surface area contributed by atoms with Crippen molar-refractivity contribution < 1.29 is 14.1 Å². The first-order valence-corrected chi connectivity index (χ1v) is 9.67. The van der Waals surface area contributed by atoms with Crippen LogP contribution >= 0.6 is 0 Å². The Morgan fingerprint density at radius 1 is 1.16 bits per heavy atom. The van der Waals surface area contributed by atoms with Gasteiger partial charge in [-0.2, -0.15) is 5.26 Å². The fourth-order valence-corrected chi connectivity index (χ4v) is 3.61. The van der Waals surface area contributed by atoms with Gasteiger partial charge in [-0.1, -0.05) is 6.07 Å². The number of nitrogens with zero attached hydrogens (tertiary/aromatic N) is 5. The Bertz CT molecular complexity index is 1250. The third kappa shape index (κ3) is 3.88. The summed E-state index contributed by atoms with van der Waals surface area (Å²) in [7, 11) is 0. The fourth-order valence-electron chi connectivity index (χ4n) is 3.61. The maximum atomic E-state index is 13.8. The predicted octanol–water partition coefficient (Wildman–Crippen LogP) is 3.42. The lowest BCUT2D eigenvalue weighted by atomic mass is 10.1. The van der Waals surface area contributed by atoms with E-state index in [-0.39, 0.29) is 11.6 Å². The van der Waals surface area contributed by atoms with Crippen LogP contribution in [0, 0.1) is 34.2 Å². The number of piperazine rings is 1. The van der Waals surface area contributed by atoms with Gasteiger partial charge in [0.2, 0.25) is 0 Å². The molecule has 4 rings (SSSR count). The van der Waals surface area contributed by atoms with Crippen LogP contribution in [0.5, 0.6) is 0 Å². The first-order chi connectivity index (χ1) is 14.9. The van der Waals surface area contributed by atoms with Gasteiger partial charge in [-0.15, -0.1) is 0 Å². The van der Waals surface area contributed by atoms with Crippen LogP contribution in [0.15, 0.2) is 42.5 Å². The van der Waals surface area contributed by atoms with Gasteiger partial charge < -0.3 is 9.80 Å². The summed E-state index contributed by atoms with van der Waals surface area (Å²) in [5, 5.41) is 21.0.